The Hall–Kier alpha value is -0.860. The molecule has 0 aromatic heterocycles. The Kier molecular flexibility index (Phi) is 4.32. The lowest BCUT2D eigenvalue weighted by atomic mass is 10.3. The molecular formula is C12H8ClFINO2S. The molecule has 0 saturated carbocycles. The van der Waals surface area contributed by atoms with E-state index in [4.69, 9.17) is 11.6 Å². The van der Waals surface area contributed by atoms with Gasteiger partial charge < -0.3 is 0 Å². The lowest BCUT2D eigenvalue weighted by Gasteiger charge is -2.10. The van der Waals surface area contributed by atoms with Crippen LogP contribution < -0.4 is 4.72 Å². The van der Waals surface area contributed by atoms with Crippen LogP contribution in [0.4, 0.5) is 10.1 Å². The maximum atomic E-state index is 13.0. The fourth-order valence-electron chi connectivity index (χ4n) is 1.43. The number of benzene rings is 2. The summed E-state index contributed by atoms with van der Waals surface area (Å²) in [4.78, 5) is -0.0169. The van der Waals surface area contributed by atoms with Crippen molar-refractivity contribution in [3.05, 3.63) is 56.9 Å². The molecule has 3 nitrogen and oxygen atoms in total. The van der Waals surface area contributed by atoms with E-state index in [-0.39, 0.29) is 9.92 Å². The van der Waals surface area contributed by atoms with Crippen molar-refractivity contribution in [2.75, 3.05) is 4.72 Å². The monoisotopic (exact) mass is 411 g/mol. The third kappa shape index (κ3) is 3.37. The summed E-state index contributed by atoms with van der Waals surface area (Å²) in [7, 11) is -3.79. The molecule has 0 bridgehead atoms. The van der Waals surface area contributed by atoms with Gasteiger partial charge in [-0.3, -0.25) is 4.72 Å². The molecule has 0 aliphatic rings. The van der Waals surface area contributed by atoms with E-state index in [0.717, 1.165) is 0 Å². The summed E-state index contributed by atoms with van der Waals surface area (Å²) in [5.74, 6) is -0.426. The van der Waals surface area contributed by atoms with E-state index in [2.05, 4.69) is 4.72 Å². The Morgan fingerprint density at radius 1 is 1.16 bits per heavy atom. The van der Waals surface area contributed by atoms with Crippen LogP contribution in [0, 0.1) is 9.39 Å². The first-order valence-electron chi connectivity index (χ1n) is 5.12. The van der Waals surface area contributed by atoms with Gasteiger partial charge in [-0.05, 0) is 52.9 Å². The Morgan fingerprint density at radius 3 is 2.47 bits per heavy atom. The van der Waals surface area contributed by atoms with Gasteiger partial charge in [0, 0.05) is 3.57 Å². The van der Waals surface area contributed by atoms with E-state index in [9.17, 15) is 12.8 Å². The molecular weight excluding hydrogens is 404 g/mol. The maximum absolute atomic E-state index is 13.0. The number of sulfonamides is 1. The largest absolute Gasteiger partial charge is 0.279 e. The minimum atomic E-state index is -3.79. The van der Waals surface area contributed by atoms with Gasteiger partial charge in [0.25, 0.3) is 10.0 Å². The predicted molar refractivity (Wildman–Crippen MR) is 81.4 cm³/mol. The molecule has 19 heavy (non-hydrogen) atoms. The SMILES string of the molecule is O=S(=O)(Nc1ccc(F)cc1I)c1ccccc1Cl. The molecule has 100 valence electrons. The van der Waals surface area contributed by atoms with Gasteiger partial charge in [0.1, 0.15) is 10.7 Å². The second-order valence-corrected chi connectivity index (χ2v) is 6.88. The highest BCUT2D eigenvalue weighted by atomic mass is 127. The molecule has 2 aromatic rings. The van der Waals surface area contributed by atoms with E-state index >= 15 is 0 Å². The summed E-state index contributed by atoms with van der Waals surface area (Å²) in [6.45, 7) is 0. The van der Waals surface area contributed by atoms with Gasteiger partial charge in [-0.25, -0.2) is 12.8 Å². The van der Waals surface area contributed by atoms with E-state index < -0.39 is 15.8 Å². The van der Waals surface area contributed by atoms with Gasteiger partial charge in [0.15, 0.2) is 0 Å². The fraction of sp³-hybridized carbons (Fsp3) is 0. The van der Waals surface area contributed by atoms with E-state index in [1.807, 2.05) is 22.6 Å². The number of nitrogens with one attached hydrogen (secondary N) is 1. The first kappa shape index (κ1) is 14.5. The average Bonchev–Trinajstić information content (AvgIpc) is 2.33. The zero-order valence-electron chi connectivity index (χ0n) is 9.40. The third-order valence-electron chi connectivity index (χ3n) is 2.30. The van der Waals surface area contributed by atoms with Crippen LogP contribution in [0.2, 0.25) is 5.02 Å². The molecule has 0 unspecified atom stereocenters. The lowest BCUT2D eigenvalue weighted by molar-refractivity contribution is 0.601. The van der Waals surface area contributed by atoms with Crippen molar-refractivity contribution in [2.45, 2.75) is 4.90 Å². The van der Waals surface area contributed by atoms with Crippen LogP contribution in [0.25, 0.3) is 0 Å². The quantitative estimate of drug-likeness (QED) is 0.779. The van der Waals surface area contributed by atoms with Crippen LogP contribution in [0.5, 0.6) is 0 Å². The molecule has 0 saturated heterocycles. The molecule has 0 heterocycles. The summed E-state index contributed by atoms with van der Waals surface area (Å²) in [5.41, 5.74) is 0.307. The molecule has 0 spiro atoms. The van der Waals surface area contributed by atoms with Crippen LogP contribution in [0.3, 0.4) is 0 Å². The fourth-order valence-corrected chi connectivity index (χ4v) is 3.83. The summed E-state index contributed by atoms with van der Waals surface area (Å²) >= 11 is 7.71. The van der Waals surface area contributed by atoms with E-state index in [1.54, 1.807) is 12.1 Å². The lowest BCUT2D eigenvalue weighted by Crippen LogP contribution is -2.14. The van der Waals surface area contributed by atoms with Crippen LogP contribution >= 0.6 is 34.2 Å². The number of hydrogen-bond donors (Lipinski definition) is 1. The summed E-state index contributed by atoms with van der Waals surface area (Å²) < 4.78 is 40.1. The van der Waals surface area contributed by atoms with Gasteiger partial charge in [0.2, 0.25) is 0 Å². The van der Waals surface area contributed by atoms with Gasteiger partial charge in [-0.1, -0.05) is 23.7 Å². The van der Waals surface area contributed by atoms with Crippen molar-refractivity contribution in [1.82, 2.24) is 0 Å². The normalized spacial score (nSPS) is 11.3. The summed E-state index contributed by atoms with van der Waals surface area (Å²) in [6, 6.07) is 9.91. The van der Waals surface area contributed by atoms with Crippen LogP contribution in [-0.2, 0) is 10.0 Å². The minimum absolute atomic E-state index is 0.0169. The average molecular weight is 412 g/mol. The molecule has 0 fully saturated rings. The predicted octanol–water partition coefficient (Wildman–Crippen LogP) is 3.88. The van der Waals surface area contributed by atoms with Crippen molar-refractivity contribution in [3.63, 3.8) is 0 Å². The highest BCUT2D eigenvalue weighted by Crippen LogP contribution is 2.26. The minimum Gasteiger partial charge on any atom is -0.279 e. The molecule has 1 N–H and O–H groups in total. The van der Waals surface area contributed by atoms with Crippen molar-refractivity contribution in [1.29, 1.82) is 0 Å². The van der Waals surface area contributed by atoms with Gasteiger partial charge >= 0.3 is 0 Å². The zero-order chi connectivity index (χ0) is 14.0. The van der Waals surface area contributed by atoms with E-state index in [0.29, 0.717) is 9.26 Å². The van der Waals surface area contributed by atoms with Gasteiger partial charge in [-0.2, -0.15) is 0 Å². The number of hydrogen-bond acceptors (Lipinski definition) is 2. The van der Waals surface area contributed by atoms with Crippen LogP contribution in [-0.4, -0.2) is 8.42 Å². The molecule has 0 amide bonds. The Morgan fingerprint density at radius 2 is 1.84 bits per heavy atom. The highest BCUT2D eigenvalue weighted by molar-refractivity contribution is 14.1. The van der Waals surface area contributed by atoms with Crippen molar-refractivity contribution in [2.24, 2.45) is 0 Å². The highest BCUT2D eigenvalue weighted by Gasteiger charge is 2.18. The number of rotatable bonds is 3. The third-order valence-corrected chi connectivity index (χ3v) is 5.06. The molecule has 0 atom stereocenters. The van der Waals surface area contributed by atoms with Gasteiger partial charge in [0.05, 0.1) is 10.7 Å². The maximum Gasteiger partial charge on any atom is 0.263 e. The van der Waals surface area contributed by atoms with Crippen LogP contribution in [0.1, 0.15) is 0 Å². The van der Waals surface area contributed by atoms with Gasteiger partial charge in [-0.15, -0.1) is 0 Å². The topological polar surface area (TPSA) is 46.2 Å². The summed E-state index contributed by atoms with van der Waals surface area (Å²) in [5, 5.41) is 0.132. The molecule has 0 aliphatic carbocycles. The Labute approximate surface area is 129 Å². The number of anilines is 1. The Bertz CT molecular complexity index is 721. The molecule has 7 heteroatoms. The Balaban J connectivity index is 2.40. The number of halogens is 3. The molecule has 2 rings (SSSR count). The smallest absolute Gasteiger partial charge is 0.263 e. The standard InChI is InChI=1S/C12H8ClFINO2S/c13-9-3-1-2-4-12(9)19(17,18)16-11-6-5-8(14)7-10(11)15/h1-7,16H. The van der Waals surface area contributed by atoms with E-state index in [1.165, 1.54) is 30.3 Å². The van der Waals surface area contributed by atoms with Crippen LogP contribution in [0.15, 0.2) is 47.4 Å². The second kappa shape index (κ2) is 5.64. The zero-order valence-corrected chi connectivity index (χ0v) is 13.1. The first-order chi connectivity index (χ1) is 8.90. The molecule has 0 aliphatic heterocycles. The summed E-state index contributed by atoms with van der Waals surface area (Å²) in [6.07, 6.45) is 0. The second-order valence-electron chi connectivity index (χ2n) is 3.66. The molecule has 2 aromatic carbocycles. The van der Waals surface area contributed by atoms with Crippen molar-refractivity contribution >= 4 is 49.9 Å². The molecule has 0 radical (unpaired) electrons. The van der Waals surface area contributed by atoms with Crippen molar-refractivity contribution < 1.29 is 12.8 Å². The van der Waals surface area contributed by atoms with Crippen molar-refractivity contribution in [3.8, 4) is 0 Å². The first-order valence-corrected chi connectivity index (χ1v) is 8.06.